The Bertz CT molecular complexity index is 579. The second-order valence-corrected chi connectivity index (χ2v) is 4.59. The monoisotopic (exact) mass is 305 g/mol. The van der Waals surface area contributed by atoms with Crippen molar-refractivity contribution in [3.05, 3.63) is 63.7 Å². The lowest BCUT2D eigenvalue weighted by molar-refractivity contribution is -0.384. The summed E-state index contributed by atoms with van der Waals surface area (Å²) in [6.45, 7) is 2.06. The van der Waals surface area contributed by atoms with Crippen LogP contribution in [0.1, 0.15) is 11.1 Å². The molecular weight excluding hydrogens is 294 g/mol. The van der Waals surface area contributed by atoms with Crippen molar-refractivity contribution in [2.24, 2.45) is 0 Å². The van der Waals surface area contributed by atoms with Crippen molar-refractivity contribution in [1.82, 2.24) is 0 Å². The van der Waals surface area contributed by atoms with Gasteiger partial charge in [0.25, 0.3) is 5.69 Å². The van der Waals surface area contributed by atoms with E-state index in [1.165, 1.54) is 23.3 Å². The number of nitro benzene ring substituents is 1. The van der Waals surface area contributed by atoms with Gasteiger partial charge in [0.2, 0.25) is 0 Å². The molecule has 2 aromatic carbocycles. The van der Waals surface area contributed by atoms with E-state index in [0.29, 0.717) is 0 Å². The number of nitrogens with zero attached hydrogens (tertiary/aromatic N) is 1. The van der Waals surface area contributed by atoms with Crippen LogP contribution in [0.2, 0.25) is 0 Å². The summed E-state index contributed by atoms with van der Waals surface area (Å²) in [5.74, 6) is 0. The number of alkyl halides is 1. The Labute approximate surface area is 114 Å². The first-order valence-electron chi connectivity index (χ1n) is 5.52. The Morgan fingerprint density at radius 3 is 2.39 bits per heavy atom. The number of benzene rings is 2. The van der Waals surface area contributed by atoms with Gasteiger partial charge in [0.15, 0.2) is 0 Å². The van der Waals surface area contributed by atoms with Gasteiger partial charge in [-0.15, -0.1) is 0 Å². The van der Waals surface area contributed by atoms with Gasteiger partial charge < -0.3 is 0 Å². The van der Waals surface area contributed by atoms with Gasteiger partial charge in [-0.05, 0) is 41.3 Å². The molecule has 0 aromatic heterocycles. The summed E-state index contributed by atoms with van der Waals surface area (Å²) < 4.78 is 0. The van der Waals surface area contributed by atoms with Crippen LogP contribution >= 0.6 is 15.9 Å². The van der Waals surface area contributed by atoms with Crippen LogP contribution in [0.3, 0.4) is 0 Å². The van der Waals surface area contributed by atoms with Crippen molar-refractivity contribution in [1.29, 1.82) is 0 Å². The minimum absolute atomic E-state index is 0.119. The van der Waals surface area contributed by atoms with Gasteiger partial charge >= 0.3 is 0 Å². The molecule has 0 amide bonds. The molecule has 92 valence electrons. The lowest BCUT2D eigenvalue weighted by Gasteiger charge is -2.09. The molecule has 0 aliphatic rings. The van der Waals surface area contributed by atoms with E-state index in [1.54, 1.807) is 12.1 Å². The number of nitro groups is 1. The van der Waals surface area contributed by atoms with E-state index in [4.69, 9.17) is 0 Å². The predicted octanol–water partition coefficient (Wildman–Crippen LogP) is 4.47. The van der Waals surface area contributed by atoms with Crippen LogP contribution in [0.5, 0.6) is 0 Å². The fraction of sp³-hybridized carbons (Fsp3) is 0.143. The molecule has 0 saturated heterocycles. The molecule has 18 heavy (non-hydrogen) atoms. The number of rotatable bonds is 3. The van der Waals surface area contributed by atoms with Gasteiger partial charge in [0.05, 0.1) is 4.92 Å². The van der Waals surface area contributed by atoms with Crippen molar-refractivity contribution in [3.63, 3.8) is 0 Å². The molecule has 0 heterocycles. The minimum atomic E-state index is -0.383. The van der Waals surface area contributed by atoms with Crippen LogP contribution in [-0.2, 0) is 5.33 Å². The third-order valence-corrected chi connectivity index (χ3v) is 3.58. The lowest BCUT2D eigenvalue weighted by Crippen LogP contribution is -1.90. The molecular formula is C14H12BrNO2. The van der Waals surface area contributed by atoms with Crippen LogP contribution in [0.15, 0.2) is 42.5 Å². The topological polar surface area (TPSA) is 43.1 Å². The van der Waals surface area contributed by atoms with Crippen LogP contribution in [0.4, 0.5) is 5.69 Å². The smallest absolute Gasteiger partial charge is 0.258 e. The van der Waals surface area contributed by atoms with E-state index in [2.05, 4.69) is 28.9 Å². The minimum Gasteiger partial charge on any atom is -0.258 e. The molecule has 0 bridgehead atoms. The molecule has 2 rings (SSSR count). The number of halogens is 1. The zero-order chi connectivity index (χ0) is 13.1. The van der Waals surface area contributed by atoms with Gasteiger partial charge in [-0.1, -0.05) is 34.1 Å². The van der Waals surface area contributed by atoms with Gasteiger partial charge in [0, 0.05) is 17.5 Å². The average molecular weight is 306 g/mol. The second kappa shape index (κ2) is 5.31. The Morgan fingerprint density at radius 2 is 1.83 bits per heavy atom. The summed E-state index contributed by atoms with van der Waals surface area (Å²) in [6.07, 6.45) is 0. The van der Waals surface area contributed by atoms with Crippen LogP contribution in [-0.4, -0.2) is 4.92 Å². The molecule has 4 heteroatoms. The molecule has 0 fully saturated rings. The average Bonchev–Trinajstić information content (AvgIpc) is 2.39. The zero-order valence-electron chi connectivity index (χ0n) is 9.89. The molecule has 0 N–H and O–H groups in total. The largest absolute Gasteiger partial charge is 0.269 e. The maximum absolute atomic E-state index is 10.6. The first kappa shape index (κ1) is 12.8. The van der Waals surface area contributed by atoms with Crippen LogP contribution in [0.25, 0.3) is 11.1 Å². The van der Waals surface area contributed by atoms with E-state index < -0.39 is 0 Å². The number of non-ortho nitro benzene ring substituents is 1. The van der Waals surface area contributed by atoms with Crippen molar-refractivity contribution < 1.29 is 4.92 Å². The third-order valence-electron chi connectivity index (χ3n) is 2.98. The summed E-state index contributed by atoms with van der Waals surface area (Å²) in [4.78, 5) is 10.2. The highest BCUT2D eigenvalue weighted by atomic mass is 79.9. The molecule has 3 nitrogen and oxygen atoms in total. The standard InChI is InChI=1S/C14H12BrNO2/c1-10-12(9-15)3-2-4-14(10)11-5-7-13(8-6-11)16(17)18/h2-8H,9H2,1H3. The summed E-state index contributed by atoms with van der Waals surface area (Å²) in [5.41, 5.74) is 4.66. The van der Waals surface area contributed by atoms with E-state index in [1.807, 2.05) is 12.1 Å². The van der Waals surface area contributed by atoms with E-state index >= 15 is 0 Å². The van der Waals surface area contributed by atoms with Gasteiger partial charge in [-0.3, -0.25) is 10.1 Å². The molecule has 0 aliphatic heterocycles. The molecule has 0 atom stereocenters. The highest BCUT2D eigenvalue weighted by Crippen LogP contribution is 2.28. The van der Waals surface area contributed by atoms with Gasteiger partial charge in [-0.2, -0.15) is 0 Å². The molecule has 2 aromatic rings. The first-order valence-corrected chi connectivity index (χ1v) is 6.65. The van der Waals surface area contributed by atoms with Crippen molar-refractivity contribution in [3.8, 4) is 11.1 Å². The maximum Gasteiger partial charge on any atom is 0.269 e. The molecule has 0 spiro atoms. The fourth-order valence-corrected chi connectivity index (χ4v) is 2.51. The zero-order valence-corrected chi connectivity index (χ0v) is 11.5. The van der Waals surface area contributed by atoms with Gasteiger partial charge in [0.1, 0.15) is 0 Å². The quantitative estimate of drug-likeness (QED) is 0.477. The Kier molecular flexibility index (Phi) is 3.77. The number of hydrogen-bond acceptors (Lipinski definition) is 2. The SMILES string of the molecule is Cc1c(CBr)cccc1-c1ccc([N+](=O)[O-])cc1. The fourth-order valence-electron chi connectivity index (χ4n) is 1.90. The number of hydrogen-bond donors (Lipinski definition) is 0. The third kappa shape index (κ3) is 2.43. The summed E-state index contributed by atoms with van der Waals surface area (Å²) in [5, 5.41) is 11.4. The maximum atomic E-state index is 10.6. The van der Waals surface area contributed by atoms with Gasteiger partial charge in [-0.25, -0.2) is 0 Å². The van der Waals surface area contributed by atoms with Crippen LogP contribution < -0.4 is 0 Å². The van der Waals surface area contributed by atoms with Crippen molar-refractivity contribution >= 4 is 21.6 Å². The summed E-state index contributed by atoms with van der Waals surface area (Å²) in [7, 11) is 0. The second-order valence-electron chi connectivity index (χ2n) is 4.03. The lowest BCUT2D eigenvalue weighted by atomic mass is 9.97. The Morgan fingerprint density at radius 1 is 1.17 bits per heavy atom. The molecule has 0 saturated carbocycles. The van der Waals surface area contributed by atoms with Crippen molar-refractivity contribution in [2.75, 3.05) is 0 Å². The molecule has 0 aliphatic carbocycles. The molecule has 0 unspecified atom stereocenters. The highest BCUT2D eigenvalue weighted by Gasteiger charge is 2.08. The molecule has 0 radical (unpaired) electrons. The first-order chi connectivity index (χ1) is 8.63. The van der Waals surface area contributed by atoms with Crippen LogP contribution in [0, 0.1) is 17.0 Å². The van der Waals surface area contributed by atoms with Crippen molar-refractivity contribution in [2.45, 2.75) is 12.3 Å². The predicted molar refractivity (Wildman–Crippen MR) is 75.9 cm³/mol. The van der Waals surface area contributed by atoms with E-state index in [-0.39, 0.29) is 10.6 Å². The van der Waals surface area contributed by atoms with E-state index in [9.17, 15) is 10.1 Å². The Balaban J connectivity index is 2.46. The normalized spacial score (nSPS) is 10.3. The Hall–Kier alpha value is -1.68. The summed E-state index contributed by atoms with van der Waals surface area (Å²) >= 11 is 3.46. The highest BCUT2D eigenvalue weighted by molar-refractivity contribution is 9.08. The summed E-state index contributed by atoms with van der Waals surface area (Å²) in [6, 6.07) is 12.8. The van der Waals surface area contributed by atoms with E-state index in [0.717, 1.165) is 16.5 Å².